The molecule has 1 aromatic heterocycles. The summed E-state index contributed by atoms with van der Waals surface area (Å²) in [6, 6.07) is 3.95. The van der Waals surface area contributed by atoms with Crippen molar-refractivity contribution in [1.29, 1.82) is 0 Å². The van der Waals surface area contributed by atoms with Crippen molar-refractivity contribution < 1.29 is 13.6 Å². The summed E-state index contributed by atoms with van der Waals surface area (Å²) in [4.78, 5) is 14.3. The van der Waals surface area contributed by atoms with E-state index in [2.05, 4.69) is 10.4 Å². The van der Waals surface area contributed by atoms with E-state index in [1.807, 2.05) is 25.7 Å². The second kappa shape index (κ2) is 7.05. The fourth-order valence-electron chi connectivity index (χ4n) is 3.06. The van der Waals surface area contributed by atoms with E-state index in [1.165, 1.54) is 6.07 Å². The first-order chi connectivity index (χ1) is 12.2. The summed E-state index contributed by atoms with van der Waals surface area (Å²) in [5.74, 6) is -1.56. The molecular weight excluding hydrogens is 338 g/mol. The average molecular weight is 362 g/mol. The van der Waals surface area contributed by atoms with Gasteiger partial charge in [0.2, 0.25) is 0 Å². The Kier molecular flexibility index (Phi) is 4.98. The van der Waals surface area contributed by atoms with E-state index in [-0.39, 0.29) is 17.4 Å². The summed E-state index contributed by atoms with van der Waals surface area (Å²) in [6.07, 6.45) is 4.21. The van der Waals surface area contributed by atoms with Crippen molar-refractivity contribution in [1.82, 2.24) is 15.1 Å². The summed E-state index contributed by atoms with van der Waals surface area (Å²) in [6.45, 7) is 8.06. The van der Waals surface area contributed by atoms with E-state index in [0.717, 1.165) is 19.0 Å². The first-order valence-electron chi connectivity index (χ1n) is 8.77. The minimum Gasteiger partial charge on any atom is -0.371 e. The summed E-state index contributed by atoms with van der Waals surface area (Å²) in [5, 5.41) is 7.18. The third kappa shape index (κ3) is 4.03. The molecule has 5 nitrogen and oxygen atoms in total. The van der Waals surface area contributed by atoms with Crippen molar-refractivity contribution in [3.63, 3.8) is 0 Å². The second-order valence-electron chi connectivity index (χ2n) is 7.75. The first-order valence-corrected chi connectivity index (χ1v) is 8.77. The maximum atomic E-state index is 13.4. The normalized spacial score (nSPS) is 17.6. The smallest absolute Gasteiger partial charge is 0.254 e. The van der Waals surface area contributed by atoms with Crippen LogP contribution in [0, 0.1) is 17.6 Å². The third-order valence-corrected chi connectivity index (χ3v) is 4.64. The summed E-state index contributed by atoms with van der Waals surface area (Å²) in [5.41, 5.74) is 1.04. The number of anilines is 1. The van der Waals surface area contributed by atoms with Crippen LogP contribution in [0.2, 0.25) is 0 Å². The van der Waals surface area contributed by atoms with Gasteiger partial charge in [-0.15, -0.1) is 0 Å². The molecule has 2 heterocycles. The largest absolute Gasteiger partial charge is 0.371 e. The number of carbonyl (C=O) groups excluding carboxylic acids is 1. The van der Waals surface area contributed by atoms with Gasteiger partial charge >= 0.3 is 0 Å². The molecule has 3 rings (SSSR count). The molecule has 140 valence electrons. The van der Waals surface area contributed by atoms with Crippen LogP contribution >= 0.6 is 0 Å². The van der Waals surface area contributed by atoms with E-state index in [9.17, 15) is 13.6 Å². The van der Waals surface area contributed by atoms with Gasteiger partial charge in [-0.05, 0) is 45.2 Å². The number of carbonyl (C=O) groups is 1. The maximum absolute atomic E-state index is 13.4. The molecule has 1 atom stereocenters. The van der Waals surface area contributed by atoms with Crippen LogP contribution in [0.5, 0.6) is 0 Å². The predicted octanol–water partition coefficient (Wildman–Crippen LogP) is 3.17. The molecule has 1 fully saturated rings. The van der Waals surface area contributed by atoms with Gasteiger partial charge in [0.15, 0.2) is 11.6 Å². The molecule has 0 unspecified atom stereocenters. The molecular formula is C19H24F2N4O. The summed E-state index contributed by atoms with van der Waals surface area (Å²) in [7, 11) is 0. The molecule has 1 saturated heterocycles. The van der Waals surface area contributed by atoms with E-state index in [0.29, 0.717) is 24.3 Å². The Morgan fingerprint density at radius 3 is 2.73 bits per heavy atom. The van der Waals surface area contributed by atoms with Crippen molar-refractivity contribution >= 4 is 11.6 Å². The number of nitrogens with one attached hydrogen (secondary N) is 1. The molecule has 1 aliphatic heterocycles. The standard InChI is InChI=1S/C19H24F2N4O/c1-19(2,3)25-12-14(10-23-25)18(26)22-9-13-6-7-24(11-13)15-4-5-16(20)17(21)8-15/h4-5,8,10,12-13H,6-7,9,11H2,1-3H3,(H,22,26)/t13-/m0/s1. The van der Waals surface area contributed by atoms with Gasteiger partial charge in [-0.1, -0.05) is 0 Å². The van der Waals surface area contributed by atoms with E-state index >= 15 is 0 Å². The van der Waals surface area contributed by atoms with Gasteiger partial charge in [-0.3, -0.25) is 9.48 Å². The Hall–Kier alpha value is -2.44. The zero-order valence-electron chi connectivity index (χ0n) is 15.3. The maximum Gasteiger partial charge on any atom is 0.254 e. The molecule has 26 heavy (non-hydrogen) atoms. The van der Waals surface area contributed by atoms with Gasteiger partial charge in [0.1, 0.15) is 0 Å². The second-order valence-corrected chi connectivity index (χ2v) is 7.75. The van der Waals surface area contributed by atoms with Gasteiger partial charge < -0.3 is 10.2 Å². The number of rotatable bonds is 4. The summed E-state index contributed by atoms with van der Waals surface area (Å²) >= 11 is 0. The van der Waals surface area contributed by atoms with Crippen LogP contribution in [0.1, 0.15) is 37.6 Å². The lowest BCUT2D eigenvalue weighted by Crippen LogP contribution is -2.31. The van der Waals surface area contributed by atoms with Gasteiger partial charge in [-0.2, -0.15) is 5.10 Å². The molecule has 0 aliphatic carbocycles. The zero-order valence-corrected chi connectivity index (χ0v) is 15.3. The Labute approximate surface area is 152 Å². The van der Waals surface area contributed by atoms with E-state index in [1.54, 1.807) is 23.1 Å². The van der Waals surface area contributed by atoms with Crippen LogP contribution < -0.4 is 10.2 Å². The molecule has 0 saturated carbocycles. The molecule has 0 spiro atoms. The fourth-order valence-corrected chi connectivity index (χ4v) is 3.06. The van der Waals surface area contributed by atoms with Crippen molar-refractivity contribution in [2.24, 2.45) is 5.92 Å². The van der Waals surface area contributed by atoms with Crippen LogP contribution in [-0.2, 0) is 5.54 Å². The Balaban J connectivity index is 1.53. The van der Waals surface area contributed by atoms with Crippen molar-refractivity contribution in [2.75, 3.05) is 24.5 Å². The minimum atomic E-state index is -0.840. The van der Waals surface area contributed by atoms with Crippen molar-refractivity contribution in [3.05, 3.63) is 47.8 Å². The monoisotopic (exact) mass is 362 g/mol. The topological polar surface area (TPSA) is 50.2 Å². The molecule has 1 amide bonds. The average Bonchev–Trinajstić information content (AvgIpc) is 3.24. The lowest BCUT2D eigenvalue weighted by atomic mass is 10.1. The highest BCUT2D eigenvalue weighted by Crippen LogP contribution is 2.25. The molecule has 1 aliphatic rings. The van der Waals surface area contributed by atoms with Crippen LogP contribution in [-0.4, -0.2) is 35.3 Å². The molecule has 1 aromatic carbocycles. The minimum absolute atomic E-state index is 0.147. The quantitative estimate of drug-likeness (QED) is 0.909. The van der Waals surface area contributed by atoms with E-state index in [4.69, 9.17) is 0 Å². The van der Waals surface area contributed by atoms with Crippen LogP contribution in [0.25, 0.3) is 0 Å². The number of aromatic nitrogens is 2. The number of hydrogen-bond donors (Lipinski definition) is 1. The Morgan fingerprint density at radius 1 is 1.31 bits per heavy atom. The van der Waals surface area contributed by atoms with Crippen molar-refractivity contribution in [3.8, 4) is 0 Å². The van der Waals surface area contributed by atoms with Crippen LogP contribution in [0.4, 0.5) is 14.5 Å². The predicted molar refractivity (Wildman–Crippen MR) is 96.2 cm³/mol. The SMILES string of the molecule is CC(C)(C)n1cc(C(=O)NC[C@@H]2CCN(c3ccc(F)c(F)c3)C2)cn1. The Morgan fingerprint density at radius 2 is 2.08 bits per heavy atom. The highest BCUT2D eigenvalue weighted by atomic mass is 19.2. The lowest BCUT2D eigenvalue weighted by molar-refractivity contribution is 0.0948. The number of hydrogen-bond acceptors (Lipinski definition) is 3. The number of amides is 1. The third-order valence-electron chi connectivity index (χ3n) is 4.64. The van der Waals surface area contributed by atoms with Gasteiger partial charge in [0.25, 0.3) is 5.91 Å². The molecule has 0 bridgehead atoms. The van der Waals surface area contributed by atoms with Gasteiger partial charge in [0.05, 0.1) is 17.3 Å². The first kappa shape index (κ1) is 18.4. The number of nitrogens with zero attached hydrogens (tertiary/aromatic N) is 3. The Bertz CT molecular complexity index is 797. The molecule has 0 radical (unpaired) electrons. The highest BCUT2D eigenvalue weighted by molar-refractivity contribution is 5.93. The number of benzene rings is 1. The highest BCUT2D eigenvalue weighted by Gasteiger charge is 2.24. The number of halogens is 2. The zero-order chi connectivity index (χ0) is 18.9. The van der Waals surface area contributed by atoms with Crippen LogP contribution in [0.3, 0.4) is 0 Å². The summed E-state index contributed by atoms with van der Waals surface area (Å²) < 4.78 is 28.2. The molecule has 2 aromatic rings. The van der Waals surface area contributed by atoms with E-state index < -0.39 is 11.6 Å². The lowest BCUT2D eigenvalue weighted by Gasteiger charge is -2.19. The fraction of sp³-hybridized carbons (Fsp3) is 0.474. The van der Waals surface area contributed by atoms with Crippen molar-refractivity contribution in [2.45, 2.75) is 32.7 Å². The molecule has 1 N–H and O–H groups in total. The van der Waals surface area contributed by atoms with Gasteiger partial charge in [-0.25, -0.2) is 8.78 Å². The van der Waals surface area contributed by atoms with Crippen LogP contribution in [0.15, 0.2) is 30.6 Å². The molecule has 7 heteroatoms. The van der Waals surface area contributed by atoms with Gasteiger partial charge in [0, 0.05) is 37.6 Å².